The first-order valence-electron chi connectivity index (χ1n) is 1.90. The van der Waals surface area contributed by atoms with Crippen LogP contribution in [0.3, 0.4) is 0 Å². The molecule has 0 N–H and O–H groups in total. The van der Waals surface area contributed by atoms with E-state index in [1.807, 2.05) is 0 Å². The summed E-state index contributed by atoms with van der Waals surface area (Å²) >= 11 is 5.15. The van der Waals surface area contributed by atoms with E-state index in [4.69, 9.17) is 11.6 Å². The largest absolute Gasteiger partial charge is 1.00 e. The second-order valence-electron chi connectivity index (χ2n) is 0.998. The second-order valence-corrected chi connectivity index (χ2v) is 1.43. The predicted octanol–water partition coefficient (Wildman–Crippen LogP) is -2.81. The molecule has 0 amide bonds. The van der Waals surface area contributed by atoms with Gasteiger partial charge in [0.05, 0.1) is 5.03 Å². The van der Waals surface area contributed by atoms with Crippen LogP contribution in [0.15, 0.2) is 23.4 Å². The average molecular weight is 155 g/mol. The fourth-order valence-electron chi connectivity index (χ4n) is 0.170. The van der Waals surface area contributed by atoms with E-state index in [0.717, 1.165) is 6.08 Å². The third-order valence-corrected chi connectivity index (χ3v) is 0.662. The maximum Gasteiger partial charge on any atom is 1.00 e. The second kappa shape index (κ2) is 8.24. The molecule has 0 aromatic carbocycles. The smallest absolute Gasteiger partial charge is 0.878 e. The Hall–Kier alpha value is 0.240. The summed E-state index contributed by atoms with van der Waals surface area (Å²) in [5.41, 5.74) is 0. The van der Waals surface area contributed by atoms with Crippen molar-refractivity contribution in [1.29, 1.82) is 0 Å². The van der Waals surface area contributed by atoms with E-state index >= 15 is 0 Å². The zero-order chi connectivity index (χ0) is 6.41. The van der Waals surface area contributed by atoms with Gasteiger partial charge in [-0.25, -0.2) is 0 Å². The summed E-state index contributed by atoms with van der Waals surface area (Å²) in [6.07, 6.45) is 3.38. The quantitative estimate of drug-likeness (QED) is 0.142. The molecular formula is C5H4ClNaO2. The zero-order valence-corrected chi connectivity index (χ0v) is 7.76. The summed E-state index contributed by atoms with van der Waals surface area (Å²) in [6, 6.07) is 0. The summed E-state index contributed by atoms with van der Waals surface area (Å²) in [6.45, 7) is 0. The van der Waals surface area contributed by atoms with Gasteiger partial charge in [0.2, 0.25) is 0 Å². The number of halogens is 1. The van der Waals surface area contributed by atoms with E-state index in [1.54, 1.807) is 0 Å². The van der Waals surface area contributed by atoms with Crippen LogP contribution in [0.1, 0.15) is 0 Å². The van der Waals surface area contributed by atoms with Gasteiger partial charge >= 0.3 is 29.6 Å². The van der Waals surface area contributed by atoms with Crippen molar-refractivity contribution < 1.29 is 39.5 Å². The van der Waals surface area contributed by atoms with Crippen molar-refractivity contribution in [3.63, 3.8) is 0 Å². The van der Waals surface area contributed by atoms with Crippen LogP contribution >= 0.6 is 11.6 Å². The molecule has 0 atom stereocenters. The first-order valence-corrected chi connectivity index (χ1v) is 2.28. The van der Waals surface area contributed by atoms with E-state index in [-0.39, 0.29) is 34.6 Å². The molecule has 0 radical (unpaired) electrons. The summed E-state index contributed by atoms with van der Waals surface area (Å²) < 4.78 is 0. The summed E-state index contributed by atoms with van der Waals surface area (Å²) in [5, 5.41) is 9.58. The zero-order valence-electron chi connectivity index (χ0n) is 5.00. The minimum absolute atomic E-state index is 0. The van der Waals surface area contributed by atoms with Gasteiger partial charge < -0.3 is 5.11 Å². The van der Waals surface area contributed by atoms with Gasteiger partial charge in [0.15, 0.2) is 6.29 Å². The minimum Gasteiger partial charge on any atom is -0.878 e. The van der Waals surface area contributed by atoms with Crippen molar-refractivity contribution in [2.24, 2.45) is 0 Å². The van der Waals surface area contributed by atoms with Gasteiger partial charge in [-0.2, -0.15) is 0 Å². The van der Waals surface area contributed by atoms with E-state index in [1.165, 1.54) is 6.08 Å². The van der Waals surface area contributed by atoms with Gasteiger partial charge in [-0.15, -0.1) is 6.26 Å². The molecule has 9 heavy (non-hydrogen) atoms. The minimum atomic E-state index is 0. The summed E-state index contributed by atoms with van der Waals surface area (Å²) in [5.74, 6) is 0. The van der Waals surface area contributed by atoms with Gasteiger partial charge in [-0.1, -0.05) is 17.7 Å². The molecule has 0 aliphatic rings. The standard InChI is InChI=1S/C5H5ClO2.Na/c6-5(4-8)2-1-3-7;/h1-4,7H;/q;+1/p-1/b3-1+,5-2+;. The van der Waals surface area contributed by atoms with Crippen molar-refractivity contribution in [3.8, 4) is 0 Å². The van der Waals surface area contributed by atoms with Crippen LogP contribution in [0.4, 0.5) is 0 Å². The van der Waals surface area contributed by atoms with E-state index in [0.29, 0.717) is 12.5 Å². The number of carbonyl (C=O) groups is 1. The molecule has 0 fully saturated rings. The van der Waals surface area contributed by atoms with Crippen molar-refractivity contribution in [3.05, 3.63) is 23.4 Å². The van der Waals surface area contributed by atoms with Crippen LogP contribution in [0.25, 0.3) is 0 Å². The number of rotatable bonds is 2. The monoisotopic (exact) mass is 154 g/mol. The van der Waals surface area contributed by atoms with E-state index < -0.39 is 0 Å². The molecule has 2 nitrogen and oxygen atoms in total. The van der Waals surface area contributed by atoms with Gasteiger partial charge in [0, 0.05) is 0 Å². The SMILES string of the molecule is O=C/C(Cl)=C\C=C\[O-].[Na+]. The molecule has 0 aromatic heterocycles. The maximum absolute atomic E-state index is 9.67. The Morgan fingerprint density at radius 2 is 2.11 bits per heavy atom. The van der Waals surface area contributed by atoms with Crippen LogP contribution in [-0.2, 0) is 4.79 Å². The van der Waals surface area contributed by atoms with Crippen LogP contribution in [0.5, 0.6) is 0 Å². The molecule has 0 saturated heterocycles. The molecular weight excluding hydrogens is 150 g/mol. The molecule has 0 rings (SSSR count). The van der Waals surface area contributed by atoms with Gasteiger partial charge in [0.25, 0.3) is 0 Å². The molecule has 44 valence electrons. The topological polar surface area (TPSA) is 40.1 Å². The Bertz CT molecular complexity index is 131. The predicted molar refractivity (Wildman–Crippen MR) is 29.1 cm³/mol. The Morgan fingerprint density at radius 3 is 2.44 bits per heavy atom. The van der Waals surface area contributed by atoms with Gasteiger partial charge in [-0.3, -0.25) is 4.79 Å². The van der Waals surface area contributed by atoms with Crippen LogP contribution in [0.2, 0.25) is 0 Å². The maximum atomic E-state index is 9.67. The van der Waals surface area contributed by atoms with Crippen LogP contribution in [0, 0.1) is 0 Å². The summed E-state index contributed by atoms with van der Waals surface area (Å²) in [4.78, 5) is 9.67. The third-order valence-electron chi connectivity index (χ3n) is 0.447. The number of carbonyl (C=O) groups excluding carboxylic acids is 1. The van der Waals surface area contributed by atoms with Crippen molar-refractivity contribution in [2.45, 2.75) is 0 Å². The molecule has 0 aliphatic carbocycles. The molecule has 0 unspecified atom stereocenters. The van der Waals surface area contributed by atoms with Crippen LogP contribution in [-0.4, -0.2) is 6.29 Å². The molecule has 4 heteroatoms. The van der Waals surface area contributed by atoms with Gasteiger partial charge in [-0.05, 0) is 6.08 Å². The number of allylic oxidation sites excluding steroid dienone is 3. The molecule has 0 aromatic rings. The fraction of sp³-hybridized carbons (Fsp3) is 0. The Labute approximate surface area is 80.5 Å². The Kier molecular flexibility index (Phi) is 11.0. The van der Waals surface area contributed by atoms with Crippen molar-refractivity contribution in [1.82, 2.24) is 0 Å². The summed E-state index contributed by atoms with van der Waals surface area (Å²) in [7, 11) is 0. The molecule has 0 spiro atoms. The third kappa shape index (κ3) is 8.24. The first-order chi connectivity index (χ1) is 3.81. The fourth-order valence-corrected chi connectivity index (χ4v) is 0.243. The Morgan fingerprint density at radius 1 is 1.56 bits per heavy atom. The number of hydrogen-bond acceptors (Lipinski definition) is 2. The van der Waals surface area contributed by atoms with E-state index in [9.17, 15) is 9.90 Å². The first kappa shape index (κ1) is 12.0. The average Bonchev–Trinajstić information content (AvgIpc) is 1.83. The molecule has 0 saturated carbocycles. The van der Waals surface area contributed by atoms with E-state index in [2.05, 4.69) is 0 Å². The Balaban J connectivity index is 0. The number of aldehydes is 1. The van der Waals surface area contributed by atoms with Crippen LogP contribution < -0.4 is 34.7 Å². The normalized spacial score (nSPS) is 11.0. The van der Waals surface area contributed by atoms with Gasteiger partial charge in [0.1, 0.15) is 0 Å². The molecule has 0 heterocycles. The number of hydrogen-bond donors (Lipinski definition) is 0. The van der Waals surface area contributed by atoms with Crippen molar-refractivity contribution >= 4 is 17.9 Å². The molecule has 0 bridgehead atoms. The van der Waals surface area contributed by atoms with Crippen molar-refractivity contribution in [2.75, 3.05) is 0 Å². The molecule has 0 aliphatic heterocycles.